The molecule has 96 valence electrons. The molecule has 0 aromatic heterocycles. The first-order chi connectivity index (χ1) is 8.11. The predicted octanol–water partition coefficient (Wildman–Crippen LogP) is 3.12. The number of ether oxygens (including phenoxy) is 1. The Kier molecular flexibility index (Phi) is 5.91. The summed E-state index contributed by atoms with van der Waals surface area (Å²) in [6, 6.07) is 3.22. The largest absolute Gasteiger partial charge is 0.490 e. The van der Waals surface area contributed by atoms with Gasteiger partial charge in [-0.05, 0) is 32.9 Å². The van der Waals surface area contributed by atoms with Crippen LogP contribution >= 0.6 is 0 Å². The van der Waals surface area contributed by atoms with Crippen molar-refractivity contribution in [1.82, 2.24) is 5.32 Å². The molecule has 0 saturated carbocycles. The summed E-state index contributed by atoms with van der Waals surface area (Å²) in [7, 11) is 0. The highest BCUT2D eigenvalue weighted by Gasteiger charge is 2.06. The van der Waals surface area contributed by atoms with Crippen LogP contribution in [0.25, 0.3) is 0 Å². The summed E-state index contributed by atoms with van der Waals surface area (Å²) in [6.07, 6.45) is 1.82. The lowest BCUT2D eigenvalue weighted by Crippen LogP contribution is -2.22. The Bertz CT molecular complexity index is 324. The standard InChI is InChI=1S/C13H19F2NO/c1-3-5-16-6-4-10(2)17-13-8-11(14)7-12(15)9-13/h7-10,16H,3-6H2,1-2H3. The summed E-state index contributed by atoms with van der Waals surface area (Å²) in [5, 5.41) is 3.25. The number of rotatable bonds is 7. The van der Waals surface area contributed by atoms with Gasteiger partial charge < -0.3 is 10.1 Å². The van der Waals surface area contributed by atoms with Gasteiger partial charge in [0.25, 0.3) is 0 Å². The first kappa shape index (κ1) is 13.9. The van der Waals surface area contributed by atoms with Crippen LogP contribution in [0.5, 0.6) is 5.75 Å². The van der Waals surface area contributed by atoms with Gasteiger partial charge in [0.05, 0.1) is 6.10 Å². The Balaban J connectivity index is 2.36. The van der Waals surface area contributed by atoms with Crippen molar-refractivity contribution in [2.45, 2.75) is 32.8 Å². The second-order valence-corrected chi connectivity index (χ2v) is 4.07. The van der Waals surface area contributed by atoms with Gasteiger partial charge in [-0.15, -0.1) is 0 Å². The Morgan fingerprint density at radius 1 is 1.18 bits per heavy atom. The average Bonchev–Trinajstić information content (AvgIpc) is 2.23. The minimum atomic E-state index is -0.615. The zero-order valence-electron chi connectivity index (χ0n) is 10.3. The highest BCUT2D eigenvalue weighted by atomic mass is 19.1. The summed E-state index contributed by atoms with van der Waals surface area (Å²) in [4.78, 5) is 0. The van der Waals surface area contributed by atoms with Crippen LogP contribution in [0, 0.1) is 11.6 Å². The van der Waals surface area contributed by atoms with Gasteiger partial charge in [-0.25, -0.2) is 8.78 Å². The molecule has 0 aliphatic rings. The summed E-state index contributed by atoms with van der Waals surface area (Å²) in [5.41, 5.74) is 0. The third kappa shape index (κ3) is 5.63. The zero-order chi connectivity index (χ0) is 12.7. The molecule has 0 fully saturated rings. The van der Waals surface area contributed by atoms with E-state index in [1.165, 1.54) is 12.1 Å². The summed E-state index contributed by atoms with van der Waals surface area (Å²) >= 11 is 0. The highest BCUT2D eigenvalue weighted by Crippen LogP contribution is 2.17. The summed E-state index contributed by atoms with van der Waals surface area (Å²) in [5.74, 6) is -0.988. The van der Waals surface area contributed by atoms with Crippen LogP contribution in [0.2, 0.25) is 0 Å². The Hall–Kier alpha value is -1.16. The van der Waals surface area contributed by atoms with Crippen molar-refractivity contribution >= 4 is 0 Å². The summed E-state index contributed by atoms with van der Waals surface area (Å²) in [6.45, 7) is 5.80. The van der Waals surface area contributed by atoms with Gasteiger partial charge in [0.2, 0.25) is 0 Å². The quantitative estimate of drug-likeness (QED) is 0.743. The van der Waals surface area contributed by atoms with Crippen LogP contribution in [0.3, 0.4) is 0 Å². The molecule has 0 bridgehead atoms. The maximum absolute atomic E-state index is 12.9. The van der Waals surface area contributed by atoms with Crippen molar-refractivity contribution in [1.29, 1.82) is 0 Å². The van der Waals surface area contributed by atoms with Crippen molar-refractivity contribution in [2.75, 3.05) is 13.1 Å². The van der Waals surface area contributed by atoms with E-state index in [9.17, 15) is 8.78 Å². The van der Waals surface area contributed by atoms with Crippen LogP contribution in [0.1, 0.15) is 26.7 Å². The number of halogens is 2. The van der Waals surface area contributed by atoms with Gasteiger partial charge in [-0.3, -0.25) is 0 Å². The molecule has 4 heteroatoms. The van der Waals surface area contributed by atoms with E-state index in [-0.39, 0.29) is 11.9 Å². The second-order valence-electron chi connectivity index (χ2n) is 4.07. The van der Waals surface area contributed by atoms with Crippen molar-refractivity contribution in [2.24, 2.45) is 0 Å². The predicted molar refractivity (Wildman–Crippen MR) is 64.2 cm³/mol. The fourth-order valence-electron chi connectivity index (χ4n) is 1.49. The molecular formula is C13H19F2NO. The van der Waals surface area contributed by atoms with Crippen molar-refractivity contribution in [3.05, 3.63) is 29.8 Å². The Morgan fingerprint density at radius 3 is 2.41 bits per heavy atom. The lowest BCUT2D eigenvalue weighted by Gasteiger charge is -2.15. The number of benzene rings is 1. The van der Waals surface area contributed by atoms with E-state index in [0.29, 0.717) is 0 Å². The molecule has 1 atom stereocenters. The third-order valence-electron chi connectivity index (χ3n) is 2.33. The fraction of sp³-hybridized carbons (Fsp3) is 0.538. The maximum Gasteiger partial charge on any atom is 0.129 e. The lowest BCUT2D eigenvalue weighted by atomic mass is 10.2. The number of nitrogens with one attached hydrogen (secondary N) is 1. The van der Waals surface area contributed by atoms with E-state index < -0.39 is 11.6 Å². The second kappa shape index (κ2) is 7.22. The van der Waals surface area contributed by atoms with Gasteiger partial charge in [0.1, 0.15) is 17.4 Å². The fourth-order valence-corrected chi connectivity index (χ4v) is 1.49. The smallest absolute Gasteiger partial charge is 0.129 e. The van der Waals surface area contributed by atoms with E-state index in [2.05, 4.69) is 12.2 Å². The molecule has 1 aromatic carbocycles. The van der Waals surface area contributed by atoms with Crippen molar-refractivity contribution < 1.29 is 13.5 Å². The van der Waals surface area contributed by atoms with E-state index in [1.54, 1.807) is 0 Å². The molecule has 0 amide bonds. The molecule has 0 aliphatic heterocycles. The molecule has 0 radical (unpaired) electrons. The molecule has 0 heterocycles. The molecule has 1 unspecified atom stereocenters. The van der Waals surface area contributed by atoms with Crippen molar-refractivity contribution in [3.63, 3.8) is 0 Å². The molecule has 17 heavy (non-hydrogen) atoms. The topological polar surface area (TPSA) is 21.3 Å². The van der Waals surface area contributed by atoms with Crippen LogP contribution in [-0.4, -0.2) is 19.2 Å². The van der Waals surface area contributed by atoms with Crippen molar-refractivity contribution in [3.8, 4) is 5.75 Å². The van der Waals surface area contributed by atoms with Gasteiger partial charge in [-0.1, -0.05) is 6.92 Å². The van der Waals surface area contributed by atoms with Crippen LogP contribution in [0.4, 0.5) is 8.78 Å². The minimum Gasteiger partial charge on any atom is -0.490 e. The normalized spacial score (nSPS) is 12.5. The number of hydrogen-bond donors (Lipinski definition) is 1. The van der Waals surface area contributed by atoms with Gasteiger partial charge in [0, 0.05) is 18.2 Å². The monoisotopic (exact) mass is 243 g/mol. The Morgan fingerprint density at radius 2 is 1.82 bits per heavy atom. The van der Waals surface area contributed by atoms with E-state index in [0.717, 1.165) is 32.0 Å². The molecular weight excluding hydrogens is 224 g/mol. The molecule has 1 rings (SSSR count). The molecule has 1 aromatic rings. The van der Waals surface area contributed by atoms with Gasteiger partial charge in [-0.2, -0.15) is 0 Å². The van der Waals surface area contributed by atoms with Crippen LogP contribution in [-0.2, 0) is 0 Å². The molecule has 1 N–H and O–H groups in total. The highest BCUT2D eigenvalue weighted by molar-refractivity contribution is 5.23. The molecule has 0 saturated heterocycles. The first-order valence-electron chi connectivity index (χ1n) is 5.95. The first-order valence-corrected chi connectivity index (χ1v) is 5.95. The minimum absolute atomic E-state index is 0.0689. The van der Waals surface area contributed by atoms with Crippen LogP contribution < -0.4 is 10.1 Å². The SMILES string of the molecule is CCCNCCC(C)Oc1cc(F)cc(F)c1. The summed E-state index contributed by atoms with van der Waals surface area (Å²) < 4.78 is 31.2. The lowest BCUT2D eigenvalue weighted by molar-refractivity contribution is 0.208. The molecule has 2 nitrogen and oxygen atoms in total. The molecule has 0 aliphatic carbocycles. The van der Waals surface area contributed by atoms with E-state index in [1.807, 2.05) is 6.92 Å². The van der Waals surface area contributed by atoms with Gasteiger partial charge >= 0.3 is 0 Å². The maximum atomic E-state index is 12.9. The number of hydrogen-bond acceptors (Lipinski definition) is 2. The van der Waals surface area contributed by atoms with Crippen LogP contribution in [0.15, 0.2) is 18.2 Å². The van der Waals surface area contributed by atoms with Gasteiger partial charge in [0.15, 0.2) is 0 Å². The third-order valence-corrected chi connectivity index (χ3v) is 2.33. The van der Waals surface area contributed by atoms with E-state index in [4.69, 9.17) is 4.74 Å². The molecule has 0 spiro atoms. The average molecular weight is 243 g/mol. The zero-order valence-corrected chi connectivity index (χ0v) is 10.3. The Labute approximate surface area is 101 Å². The van der Waals surface area contributed by atoms with E-state index >= 15 is 0 Å².